The number of carbonyl (C=O) groups is 1. The average molecular weight is 483 g/mol. The van der Waals surface area contributed by atoms with Crippen LogP contribution >= 0.6 is 0 Å². The third-order valence-corrected chi connectivity index (χ3v) is 8.66. The first-order valence-corrected chi connectivity index (χ1v) is 12.9. The Labute approximate surface area is 206 Å². The van der Waals surface area contributed by atoms with Gasteiger partial charge in [-0.25, -0.2) is 14.2 Å². The second-order valence-electron chi connectivity index (χ2n) is 11.4. The van der Waals surface area contributed by atoms with Crippen LogP contribution in [0.3, 0.4) is 0 Å². The smallest absolute Gasteiger partial charge is 0.410 e. The van der Waals surface area contributed by atoms with Crippen LogP contribution in [-0.4, -0.2) is 63.8 Å². The fourth-order valence-electron chi connectivity index (χ4n) is 6.18. The van der Waals surface area contributed by atoms with E-state index in [0.29, 0.717) is 42.9 Å². The third-order valence-electron chi connectivity index (χ3n) is 8.66. The number of likely N-dealkylation sites (tertiary alicyclic amines) is 2. The number of nitrogens with zero attached hydrogens (tertiary/aromatic N) is 4. The number of benzene rings is 1. The lowest BCUT2D eigenvalue weighted by Crippen LogP contribution is -2.50. The van der Waals surface area contributed by atoms with Gasteiger partial charge in [0.25, 0.3) is 0 Å². The summed E-state index contributed by atoms with van der Waals surface area (Å²) in [6.07, 6.45) is 5.02. The van der Waals surface area contributed by atoms with Crippen LogP contribution in [0.4, 0.5) is 9.18 Å². The van der Waals surface area contributed by atoms with Crippen molar-refractivity contribution in [1.29, 1.82) is 0 Å². The molecule has 1 saturated carbocycles. The third kappa shape index (κ3) is 3.72. The van der Waals surface area contributed by atoms with Crippen molar-refractivity contribution in [3.05, 3.63) is 35.5 Å². The van der Waals surface area contributed by atoms with Crippen molar-refractivity contribution in [2.45, 2.75) is 75.5 Å². The van der Waals surface area contributed by atoms with Crippen LogP contribution in [0.2, 0.25) is 0 Å². The summed E-state index contributed by atoms with van der Waals surface area (Å²) in [6.45, 7) is 6.63. The molecule has 35 heavy (non-hydrogen) atoms. The first kappa shape index (κ1) is 22.8. The molecule has 1 amide bonds. The molecule has 1 aliphatic carbocycles. The van der Waals surface area contributed by atoms with Crippen molar-refractivity contribution in [3.63, 3.8) is 0 Å². The van der Waals surface area contributed by atoms with Gasteiger partial charge in [-0.05, 0) is 65.3 Å². The summed E-state index contributed by atoms with van der Waals surface area (Å²) in [4.78, 5) is 21.9. The first-order chi connectivity index (χ1) is 16.7. The molecule has 0 bridgehead atoms. The normalized spacial score (nSPS) is 25.1. The van der Waals surface area contributed by atoms with E-state index in [-0.39, 0.29) is 29.5 Å². The van der Waals surface area contributed by atoms with Crippen LogP contribution in [0.5, 0.6) is 5.75 Å². The van der Waals surface area contributed by atoms with Gasteiger partial charge in [0, 0.05) is 44.4 Å². The van der Waals surface area contributed by atoms with Gasteiger partial charge in [0.15, 0.2) is 5.60 Å². The number of ether oxygens (including phenoxy) is 2. The summed E-state index contributed by atoms with van der Waals surface area (Å²) in [6, 6.07) is 5.01. The molecule has 0 N–H and O–H groups in total. The molecule has 2 aromatic rings. The molecule has 7 nitrogen and oxygen atoms in total. The minimum Gasteiger partial charge on any atom is -0.480 e. The van der Waals surface area contributed by atoms with Gasteiger partial charge in [0.1, 0.15) is 29.2 Å². The van der Waals surface area contributed by atoms with E-state index in [4.69, 9.17) is 14.5 Å². The van der Waals surface area contributed by atoms with Crippen LogP contribution in [0.1, 0.15) is 69.8 Å². The molecular formula is C27H35FN4O3. The zero-order chi connectivity index (χ0) is 24.5. The molecule has 1 aromatic heterocycles. The summed E-state index contributed by atoms with van der Waals surface area (Å²) in [5, 5.41) is 0. The van der Waals surface area contributed by atoms with Crippen LogP contribution in [0.25, 0.3) is 11.3 Å². The van der Waals surface area contributed by atoms with Crippen molar-refractivity contribution >= 4 is 6.09 Å². The van der Waals surface area contributed by atoms with Crippen molar-refractivity contribution in [2.24, 2.45) is 7.05 Å². The number of rotatable bonds is 2. The Morgan fingerprint density at radius 2 is 1.89 bits per heavy atom. The summed E-state index contributed by atoms with van der Waals surface area (Å²) < 4.78 is 29.5. The van der Waals surface area contributed by atoms with E-state index in [0.717, 1.165) is 43.7 Å². The Hall–Kier alpha value is -2.61. The second kappa shape index (κ2) is 7.95. The van der Waals surface area contributed by atoms with Crippen molar-refractivity contribution < 1.29 is 18.7 Å². The lowest BCUT2D eigenvalue weighted by molar-refractivity contribution is -0.0119. The zero-order valence-corrected chi connectivity index (χ0v) is 21.1. The summed E-state index contributed by atoms with van der Waals surface area (Å²) >= 11 is 0. The fourth-order valence-corrected chi connectivity index (χ4v) is 6.18. The van der Waals surface area contributed by atoms with Gasteiger partial charge in [-0.1, -0.05) is 6.07 Å². The number of fused-ring (bicyclic) bond motifs is 4. The molecule has 4 aliphatic rings. The van der Waals surface area contributed by atoms with E-state index in [9.17, 15) is 4.79 Å². The predicted molar refractivity (Wildman–Crippen MR) is 130 cm³/mol. The van der Waals surface area contributed by atoms with Gasteiger partial charge < -0.3 is 23.8 Å². The Kier molecular flexibility index (Phi) is 5.18. The number of imidazole rings is 1. The number of aromatic nitrogens is 2. The number of halogens is 1. The molecule has 188 valence electrons. The lowest BCUT2D eigenvalue weighted by Gasteiger charge is -2.44. The van der Waals surface area contributed by atoms with Crippen LogP contribution < -0.4 is 4.74 Å². The van der Waals surface area contributed by atoms with E-state index in [1.165, 1.54) is 6.07 Å². The largest absolute Gasteiger partial charge is 0.480 e. The maximum atomic E-state index is 15.2. The Bertz CT molecular complexity index is 1160. The highest BCUT2D eigenvalue weighted by Gasteiger charge is 2.49. The maximum absolute atomic E-state index is 15.2. The van der Waals surface area contributed by atoms with Crippen LogP contribution in [0, 0.1) is 5.82 Å². The van der Waals surface area contributed by atoms with Gasteiger partial charge in [-0.15, -0.1) is 0 Å². The van der Waals surface area contributed by atoms with Gasteiger partial charge in [0.2, 0.25) is 0 Å². The van der Waals surface area contributed by atoms with Crippen molar-refractivity contribution in [2.75, 3.05) is 26.7 Å². The molecule has 0 radical (unpaired) electrons. The molecule has 8 heteroatoms. The predicted octanol–water partition coefficient (Wildman–Crippen LogP) is 4.80. The van der Waals surface area contributed by atoms with Gasteiger partial charge >= 0.3 is 6.09 Å². The Balaban J connectivity index is 1.38. The molecule has 1 spiro atoms. The monoisotopic (exact) mass is 482 g/mol. The SMILES string of the molecule is CN1CC[C@@H](c2nc3c(n2C)C2(CCN(C(=O)OC4CC4)CC2)Oc2cccc(F)c2-3)CC1(C)C. The molecule has 1 atom stereocenters. The van der Waals surface area contributed by atoms with Crippen LogP contribution in [-0.2, 0) is 17.4 Å². The molecule has 3 fully saturated rings. The van der Waals surface area contributed by atoms with E-state index in [1.807, 2.05) is 6.07 Å². The molecule has 2 saturated heterocycles. The standard InChI is InChI=1S/C27H35FN4O3/c1-26(2)16-17(10-13-30(26)3)24-29-22-21-19(28)6-5-7-20(21)35-27(23(22)31(24)4)11-14-32(15-12-27)25(33)34-18-8-9-18/h5-7,17-18H,8-16H2,1-4H3/t17-/m1/s1. The highest BCUT2D eigenvalue weighted by molar-refractivity contribution is 5.74. The minimum atomic E-state index is -0.645. The van der Waals surface area contributed by atoms with Gasteiger partial charge in [-0.3, -0.25) is 0 Å². The fraction of sp³-hybridized carbons (Fsp3) is 0.630. The van der Waals surface area contributed by atoms with E-state index >= 15 is 4.39 Å². The zero-order valence-electron chi connectivity index (χ0n) is 21.1. The second-order valence-corrected chi connectivity index (χ2v) is 11.4. The topological polar surface area (TPSA) is 59.8 Å². The van der Waals surface area contributed by atoms with Crippen molar-refractivity contribution in [1.82, 2.24) is 19.4 Å². The lowest BCUT2D eigenvalue weighted by atomic mass is 9.82. The summed E-state index contributed by atoms with van der Waals surface area (Å²) in [7, 11) is 4.23. The molecule has 4 heterocycles. The number of piperidine rings is 2. The molecule has 3 aliphatic heterocycles. The average Bonchev–Trinajstić information content (AvgIpc) is 3.56. The molecular weight excluding hydrogens is 447 g/mol. The number of carbonyl (C=O) groups excluding carboxylic acids is 1. The van der Waals surface area contributed by atoms with E-state index in [2.05, 4.69) is 37.4 Å². The first-order valence-electron chi connectivity index (χ1n) is 12.9. The van der Waals surface area contributed by atoms with Crippen LogP contribution in [0.15, 0.2) is 18.2 Å². The highest BCUT2D eigenvalue weighted by Crippen LogP contribution is 2.51. The summed E-state index contributed by atoms with van der Waals surface area (Å²) in [5.74, 6) is 1.53. The quantitative estimate of drug-likeness (QED) is 0.616. The number of amides is 1. The minimum absolute atomic E-state index is 0.0694. The highest BCUT2D eigenvalue weighted by atomic mass is 19.1. The van der Waals surface area contributed by atoms with Crippen molar-refractivity contribution in [3.8, 4) is 17.0 Å². The van der Waals surface area contributed by atoms with Gasteiger partial charge in [0.05, 0.1) is 11.3 Å². The molecule has 6 rings (SSSR count). The van der Waals surface area contributed by atoms with Gasteiger partial charge in [-0.2, -0.15) is 0 Å². The number of hydrogen-bond acceptors (Lipinski definition) is 5. The Morgan fingerprint density at radius 1 is 1.14 bits per heavy atom. The molecule has 0 unspecified atom stereocenters. The Morgan fingerprint density at radius 3 is 2.57 bits per heavy atom. The summed E-state index contributed by atoms with van der Waals surface area (Å²) in [5.41, 5.74) is 1.52. The maximum Gasteiger partial charge on any atom is 0.410 e. The number of hydrogen-bond donors (Lipinski definition) is 0. The molecule has 1 aromatic carbocycles. The van der Waals surface area contributed by atoms with E-state index < -0.39 is 5.60 Å². The van der Waals surface area contributed by atoms with E-state index in [1.54, 1.807) is 11.0 Å².